The minimum absolute atomic E-state index is 0.0175. The number of ketones is 1. The van der Waals surface area contributed by atoms with Crippen LogP contribution in [0.25, 0.3) is 5.70 Å². The normalized spacial score (nSPS) is 34.2. The lowest BCUT2D eigenvalue weighted by Crippen LogP contribution is -2.34. The average molecular weight is 686 g/mol. The first-order valence-corrected chi connectivity index (χ1v) is 20.3. The van der Waals surface area contributed by atoms with Crippen molar-refractivity contribution in [1.82, 2.24) is 10.2 Å². The zero-order chi connectivity index (χ0) is 36.8. The Balaban J connectivity index is 1.80. The van der Waals surface area contributed by atoms with Crippen LogP contribution in [-0.2, 0) is 4.79 Å². The van der Waals surface area contributed by atoms with Crippen LogP contribution in [-0.4, -0.2) is 37.4 Å². The molecule has 0 aliphatic heterocycles. The Bertz CT molecular complexity index is 1250. The molecule has 280 valence electrons. The fourth-order valence-electron chi connectivity index (χ4n) is 9.16. The summed E-state index contributed by atoms with van der Waals surface area (Å²) in [4.78, 5) is 15.8. The molecule has 2 aliphatic rings. The van der Waals surface area contributed by atoms with E-state index in [1.165, 1.54) is 36.8 Å². The molecule has 50 heavy (non-hydrogen) atoms. The summed E-state index contributed by atoms with van der Waals surface area (Å²) in [5.74, 6) is 6.20. The molecule has 0 radical (unpaired) electrons. The molecule has 10 atom stereocenters. The van der Waals surface area contributed by atoms with Crippen molar-refractivity contribution in [1.29, 1.82) is 0 Å². The van der Waals surface area contributed by atoms with Crippen LogP contribution >= 0.6 is 0 Å². The fourth-order valence-corrected chi connectivity index (χ4v) is 9.16. The largest absolute Gasteiger partial charge is 0.397 e. The number of carbonyl (C=O) groups is 1. The van der Waals surface area contributed by atoms with Gasteiger partial charge in [0.25, 0.3) is 0 Å². The van der Waals surface area contributed by atoms with E-state index in [0.29, 0.717) is 29.6 Å². The third kappa shape index (κ3) is 13.5. The molecular formula is C46H75N3O. The molecule has 1 aromatic carbocycles. The lowest BCUT2D eigenvalue weighted by molar-refractivity contribution is -0.118. The van der Waals surface area contributed by atoms with E-state index in [1.807, 2.05) is 30.5 Å². The monoisotopic (exact) mass is 686 g/mol. The van der Waals surface area contributed by atoms with Gasteiger partial charge in [0.15, 0.2) is 5.78 Å². The number of nitrogens with two attached hydrogens (primary N) is 1. The highest BCUT2D eigenvalue weighted by molar-refractivity contribution is 5.91. The molecule has 0 aromatic heterocycles. The molecule has 2 aliphatic carbocycles. The minimum Gasteiger partial charge on any atom is -0.397 e. The number of likely N-dealkylation sites (N-methyl/N-ethyl adjacent to an activating group) is 1. The van der Waals surface area contributed by atoms with E-state index in [0.717, 1.165) is 86.7 Å². The lowest BCUT2D eigenvalue weighted by atomic mass is 9.64. The van der Waals surface area contributed by atoms with Crippen molar-refractivity contribution in [2.45, 2.75) is 113 Å². The van der Waals surface area contributed by atoms with Gasteiger partial charge in [-0.3, -0.25) is 4.79 Å². The first kappa shape index (κ1) is 41.8. The van der Waals surface area contributed by atoms with Gasteiger partial charge in [-0.25, -0.2) is 0 Å². The van der Waals surface area contributed by atoms with Crippen LogP contribution in [0.1, 0.15) is 119 Å². The highest BCUT2D eigenvalue weighted by Gasteiger charge is 2.36. The van der Waals surface area contributed by atoms with Crippen LogP contribution in [0.5, 0.6) is 0 Å². The van der Waals surface area contributed by atoms with E-state index in [2.05, 4.69) is 104 Å². The molecule has 0 saturated heterocycles. The van der Waals surface area contributed by atoms with Gasteiger partial charge < -0.3 is 16.0 Å². The summed E-state index contributed by atoms with van der Waals surface area (Å²) >= 11 is 0. The van der Waals surface area contributed by atoms with Gasteiger partial charge in [0.1, 0.15) is 0 Å². The van der Waals surface area contributed by atoms with Crippen LogP contribution in [0.15, 0.2) is 72.5 Å². The average Bonchev–Trinajstić information content (AvgIpc) is 3.08. The van der Waals surface area contributed by atoms with Gasteiger partial charge in [0.05, 0.1) is 5.70 Å². The molecule has 0 amide bonds. The smallest absolute Gasteiger partial charge is 0.158 e. The van der Waals surface area contributed by atoms with Crippen LogP contribution in [0.2, 0.25) is 0 Å². The predicted octanol–water partition coefficient (Wildman–Crippen LogP) is 10.9. The maximum Gasteiger partial charge on any atom is 0.158 e. The van der Waals surface area contributed by atoms with E-state index in [1.54, 1.807) is 0 Å². The van der Waals surface area contributed by atoms with Gasteiger partial charge in [-0.2, -0.15) is 0 Å². The molecule has 0 bridgehead atoms. The van der Waals surface area contributed by atoms with Crippen molar-refractivity contribution in [3.63, 3.8) is 0 Å². The van der Waals surface area contributed by atoms with Gasteiger partial charge in [-0.15, -0.1) is 0 Å². The number of benzene rings is 1. The summed E-state index contributed by atoms with van der Waals surface area (Å²) in [6, 6.07) is 10.2. The number of carbonyl (C=O) groups excluding carboxylic acids is 1. The van der Waals surface area contributed by atoms with E-state index in [4.69, 9.17) is 5.73 Å². The Morgan fingerprint density at radius 3 is 2.30 bits per heavy atom. The topological polar surface area (TPSA) is 58.4 Å². The van der Waals surface area contributed by atoms with Crippen LogP contribution in [0.4, 0.5) is 0 Å². The van der Waals surface area contributed by atoms with Crippen molar-refractivity contribution >= 4 is 11.5 Å². The Morgan fingerprint density at radius 1 is 0.960 bits per heavy atom. The summed E-state index contributed by atoms with van der Waals surface area (Å²) in [7, 11) is 2.10. The molecule has 4 nitrogen and oxygen atoms in total. The summed E-state index contributed by atoms with van der Waals surface area (Å²) in [6.07, 6.45) is 19.0. The summed E-state index contributed by atoms with van der Waals surface area (Å²) in [5.41, 5.74) is 10.8. The molecule has 1 saturated carbocycles. The molecule has 1 fully saturated rings. The minimum atomic E-state index is 0.0175. The predicted molar refractivity (Wildman–Crippen MR) is 217 cm³/mol. The maximum atomic E-state index is 13.6. The third-order valence-electron chi connectivity index (χ3n) is 12.9. The molecule has 1 aromatic rings. The quantitative estimate of drug-likeness (QED) is 0.180. The number of hydrogen-bond donors (Lipinski definition) is 2. The second-order valence-electron chi connectivity index (χ2n) is 17.1. The lowest BCUT2D eigenvalue weighted by Gasteiger charge is -2.42. The van der Waals surface area contributed by atoms with Gasteiger partial charge >= 0.3 is 0 Å². The maximum absolute atomic E-state index is 13.6. The van der Waals surface area contributed by atoms with Crippen molar-refractivity contribution in [2.24, 2.45) is 64.9 Å². The molecule has 0 spiro atoms. The zero-order valence-corrected chi connectivity index (χ0v) is 33.6. The zero-order valence-electron chi connectivity index (χ0n) is 33.6. The second kappa shape index (κ2) is 21.1. The Morgan fingerprint density at radius 2 is 1.64 bits per heavy atom. The van der Waals surface area contributed by atoms with E-state index < -0.39 is 0 Å². The molecule has 0 heterocycles. The SMILES string of the molecule is C=C1CCC(C)C(CC2CC(C)C(C)[C@@H](C)C2)C(CCNCCN(C)/C=C(\N)c2ccccc2)C[C@H](C)C(=O)/C=C/C(C)=C/[C@H](C)[C@@H](CC)C1. The van der Waals surface area contributed by atoms with Gasteiger partial charge in [-0.1, -0.05) is 115 Å². The Labute approximate surface area is 308 Å². The number of allylic oxidation sites excluding steroid dienone is 5. The highest BCUT2D eigenvalue weighted by Crippen LogP contribution is 2.45. The first-order valence-electron chi connectivity index (χ1n) is 20.3. The standard InChI is InChI=1S/C46H75N3O/c1-11-41-26-33(3)17-19-34(4)44(30-40-27-35(5)39(9)36(6)28-40)43(29-38(8)46(50)20-18-32(2)25-37(41)7)21-22-48-23-24-49(10)31-45(47)42-15-13-12-14-16-42/h12-16,18,20,25,31,34-41,43-44,48H,3,11,17,19,21-24,26-30,47H2,1-2,4-10H3/b20-18+,32-25+,45-31-/t34?,35-,36?,37-,38-,39?,40?,41-,43?,44?/m0/s1. The molecule has 3 rings (SSSR count). The fraction of sp³-hybridized carbons (Fsp3) is 0.674. The summed E-state index contributed by atoms with van der Waals surface area (Å²) in [5, 5.41) is 3.78. The molecule has 3 N–H and O–H groups in total. The molecule has 4 heteroatoms. The molecule has 6 unspecified atom stereocenters. The van der Waals surface area contributed by atoms with Gasteiger partial charge in [-0.05, 0) is 130 Å². The van der Waals surface area contributed by atoms with Gasteiger partial charge in [0.2, 0.25) is 0 Å². The van der Waals surface area contributed by atoms with Crippen LogP contribution < -0.4 is 11.1 Å². The second-order valence-corrected chi connectivity index (χ2v) is 17.1. The van der Waals surface area contributed by atoms with Crippen molar-refractivity contribution in [2.75, 3.05) is 26.7 Å². The Hall–Kier alpha value is -2.59. The summed E-state index contributed by atoms with van der Waals surface area (Å²) in [6.45, 7) is 26.3. The van der Waals surface area contributed by atoms with E-state index in [-0.39, 0.29) is 11.7 Å². The van der Waals surface area contributed by atoms with Crippen molar-refractivity contribution in [3.8, 4) is 0 Å². The van der Waals surface area contributed by atoms with Crippen LogP contribution in [0.3, 0.4) is 0 Å². The van der Waals surface area contributed by atoms with E-state index in [9.17, 15) is 4.79 Å². The van der Waals surface area contributed by atoms with Crippen LogP contribution in [0, 0.1) is 59.2 Å². The number of hydrogen-bond acceptors (Lipinski definition) is 4. The number of nitrogens with one attached hydrogen (secondary N) is 1. The molecular weight excluding hydrogens is 611 g/mol. The third-order valence-corrected chi connectivity index (χ3v) is 12.9. The Kier molecular flexibility index (Phi) is 17.6. The van der Waals surface area contributed by atoms with Crippen molar-refractivity contribution < 1.29 is 4.79 Å². The number of rotatable bonds is 11. The first-order chi connectivity index (χ1) is 23.8. The van der Waals surface area contributed by atoms with Crippen molar-refractivity contribution in [3.05, 3.63) is 78.0 Å². The highest BCUT2D eigenvalue weighted by atomic mass is 16.1. The number of nitrogens with zero attached hydrogens (tertiary/aromatic N) is 1. The van der Waals surface area contributed by atoms with E-state index >= 15 is 0 Å². The van der Waals surface area contributed by atoms with Gasteiger partial charge in [0, 0.05) is 32.3 Å². The summed E-state index contributed by atoms with van der Waals surface area (Å²) < 4.78 is 0.